The standard InChI is InChI=1S/C24H25F5N2OS/c1-33-20-13-16(24(27,28)29)5-6-19(20)22(32)30-21(15-11-17(25)14-18(26)12-15)23(7-4-8-23)31-9-2-3-10-31/h5-6,11-14,21H,2-4,7-10H2,1H3,(H,30,32). The molecule has 2 fully saturated rings. The smallest absolute Gasteiger partial charge is 0.343 e. The molecule has 1 aliphatic carbocycles. The van der Waals surface area contributed by atoms with E-state index in [0.29, 0.717) is 5.56 Å². The van der Waals surface area contributed by atoms with E-state index < -0.39 is 40.9 Å². The van der Waals surface area contributed by atoms with Crippen LogP contribution in [0.5, 0.6) is 0 Å². The van der Waals surface area contributed by atoms with Crippen molar-refractivity contribution in [2.45, 2.75) is 54.8 Å². The average Bonchev–Trinajstić information content (AvgIpc) is 3.25. The highest BCUT2D eigenvalue weighted by Crippen LogP contribution is 2.48. The minimum Gasteiger partial charge on any atom is -0.343 e. The zero-order chi connectivity index (χ0) is 23.8. The van der Waals surface area contributed by atoms with Gasteiger partial charge in [0.2, 0.25) is 0 Å². The quantitative estimate of drug-likeness (QED) is 0.392. The number of benzene rings is 2. The van der Waals surface area contributed by atoms with Crippen molar-refractivity contribution in [2.24, 2.45) is 0 Å². The van der Waals surface area contributed by atoms with Gasteiger partial charge in [-0.25, -0.2) is 8.78 Å². The van der Waals surface area contributed by atoms with E-state index in [4.69, 9.17) is 0 Å². The number of nitrogens with one attached hydrogen (secondary N) is 1. The lowest BCUT2D eigenvalue weighted by molar-refractivity contribution is -0.137. The summed E-state index contributed by atoms with van der Waals surface area (Å²) in [6.45, 7) is 1.67. The molecule has 1 saturated carbocycles. The molecule has 178 valence electrons. The summed E-state index contributed by atoms with van der Waals surface area (Å²) in [5.41, 5.74) is -0.879. The fraction of sp³-hybridized carbons (Fsp3) is 0.458. The van der Waals surface area contributed by atoms with E-state index in [1.807, 2.05) is 0 Å². The maximum atomic E-state index is 14.1. The second-order valence-corrected chi connectivity index (χ2v) is 9.52. The Balaban J connectivity index is 1.72. The largest absolute Gasteiger partial charge is 0.416 e. The van der Waals surface area contributed by atoms with Crippen LogP contribution in [-0.2, 0) is 6.18 Å². The summed E-state index contributed by atoms with van der Waals surface area (Å²) < 4.78 is 67.7. The second kappa shape index (κ2) is 9.25. The monoisotopic (exact) mass is 484 g/mol. The van der Waals surface area contributed by atoms with Gasteiger partial charge in [0.25, 0.3) is 5.91 Å². The van der Waals surface area contributed by atoms with E-state index in [-0.39, 0.29) is 10.5 Å². The lowest BCUT2D eigenvalue weighted by atomic mass is 9.68. The molecular formula is C24H25F5N2OS. The second-order valence-electron chi connectivity index (χ2n) is 8.67. The average molecular weight is 485 g/mol. The molecule has 1 amide bonds. The van der Waals surface area contributed by atoms with Gasteiger partial charge in [-0.3, -0.25) is 9.69 Å². The first-order valence-corrected chi connectivity index (χ1v) is 12.1. The fourth-order valence-electron chi connectivity index (χ4n) is 5.02. The van der Waals surface area contributed by atoms with Gasteiger partial charge in [-0.05, 0) is 87.3 Å². The van der Waals surface area contributed by atoms with Crippen LogP contribution in [0.4, 0.5) is 22.0 Å². The number of hydrogen-bond acceptors (Lipinski definition) is 3. The van der Waals surface area contributed by atoms with E-state index in [1.165, 1.54) is 12.1 Å². The molecule has 0 radical (unpaired) electrons. The molecule has 2 aromatic rings. The van der Waals surface area contributed by atoms with E-state index in [1.54, 1.807) is 6.26 Å². The molecule has 1 unspecified atom stereocenters. The number of nitrogens with zero attached hydrogens (tertiary/aromatic N) is 1. The third-order valence-electron chi connectivity index (χ3n) is 6.76. The summed E-state index contributed by atoms with van der Waals surface area (Å²) >= 11 is 1.04. The summed E-state index contributed by atoms with van der Waals surface area (Å²) in [7, 11) is 0. The van der Waals surface area contributed by atoms with Crippen LogP contribution in [-0.4, -0.2) is 35.7 Å². The van der Waals surface area contributed by atoms with Gasteiger partial charge < -0.3 is 5.32 Å². The predicted molar refractivity (Wildman–Crippen MR) is 117 cm³/mol. The van der Waals surface area contributed by atoms with Crippen molar-refractivity contribution in [3.8, 4) is 0 Å². The number of thioether (sulfide) groups is 1. The number of carbonyl (C=O) groups excluding carboxylic acids is 1. The summed E-state index contributed by atoms with van der Waals surface area (Å²) in [5, 5.41) is 2.95. The van der Waals surface area contributed by atoms with Crippen LogP contribution in [0, 0.1) is 11.6 Å². The van der Waals surface area contributed by atoms with Crippen LogP contribution in [0.2, 0.25) is 0 Å². The molecule has 2 aliphatic rings. The first-order chi connectivity index (χ1) is 15.6. The van der Waals surface area contributed by atoms with E-state index in [9.17, 15) is 26.7 Å². The molecule has 2 aromatic carbocycles. The Morgan fingerprint density at radius 3 is 2.18 bits per heavy atom. The van der Waals surface area contributed by atoms with Crippen LogP contribution in [0.25, 0.3) is 0 Å². The van der Waals surface area contributed by atoms with Crippen molar-refractivity contribution in [2.75, 3.05) is 19.3 Å². The zero-order valence-electron chi connectivity index (χ0n) is 18.1. The van der Waals surface area contributed by atoms with Gasteiger partial charge in [0.1, 0.15) is 11.6 Å². The highest BCUT2D eigenvalue weighted by molar-refractivity contribution is 7.98. The molecule has 9 heteroatoms. The van der Waals surface area contributed by atoms with Crippen molar-refractivity contribution in [1.82, 2.24) is 10.2 Å². The van der Waals surface area contributed by atoms with Crippen LogP contribution in [0.1, 0.15) is 59.6 Å². The topological polar surface area (TPSA) is 32.3 Å². The van der Waals surface area contributed by atoms with Gasteiger partial charge in [0.15, 0.2) is 0 Å². The van der Waals surface area contributed by atoms with Crippen LogP contribution < -0.4 is 5.32 Å². The minimum atomic E-state index is -4.52. The Bertz CT molecular complexity index is 1010. The van der Waals surface area contributed by atoms with Crippen LogP contribution >= 0.6 is 11.8 Å². The molecule has 1 heterocycles. The summed E-state index contributed by atoms with van der Waals surface area (Å²) in [5.74, 6) is -2.04. The van der Waals surface area contributed by atoms with Crippen molar-refractivity contribution < 1.29 is 26.7 Å². The number of rotatable bonds is 6. The molecule has 3 nitrogen and oxygen atoms in total. The van der Waals surface area contributed by atoms with E-state index in [0.717, 1.165) is 81.2 Å². The third kappa shape index (κ3) is 4.75. The Kier molecular flexibility index (Phi) is 6.73. The van der Waals surface area contributed by atoms with Crippen LogP contribution in [0.15, 0.2) is 41.3 Å². The third-order valence-corrected chi connectivity index (χ3v) is 7.54. The Hall–Kier alpha value is -2.13. The molecule has 0 spiro atoms. The zero-order valence-corrected chi connectivity index (χ0v) is 19.0. The molecule has 0 aromatic heterocycles. The molecule has 4 rings (SSSR count). The number of alkyl halides is 3. The van der Waals surface area contributed by atoms with Gasteiger partial charge in [0, 0.05) is 16.5 Å². The molecule has 1 aliphatic heterocycles. The Labute approximate surface area is 193 Å². The molecule has 1 atom stereocenters. The molecule has 1 N–H and O–H groups in total. The molecule has 0 bridgehead atoms. The SMILES string of the molecule is CSc1cc(C(F)(F)F)ccc1C(=O)NC(c1cc(F)cc(F)c1)C1(N2CCCC2)CCC1. The number of likely N-dealkylation sites (tertiary alicyclic amines) is 1. The maximum Gasteiger partial charge on any atom is 0.416 e. The number of halogens is 5. The predicted octanol–water partition coefficient (Wildman–Crippen LogP) is 6.20. The van der Waals surface area contributed by atoms with Gasteiger partial charge in [-0.1, -0.05) is 0 Å². The summed E-state index contributed by atoms with van der Waals surface area (Å²) in [4.78, 5) is 15.8. The van der Waals surface area contributed by atoms with Crippen molar-refractivity contribution in [1.29, 1.82) is 0 Å². The fourth-order valence-corrected chi connectivity index (χ4v) is 5.65. The highest BCUT2D eigenvalue weighted by Gasteiger charge is 2.50. The van der Waals surface area contributed by atoms with Gasteiger partial charge in [-0.15, -0.1) is 11.8 Å². The lowest BCUT2D eigenvalue weighted by Gasteiger charge is -2.54. The van der Waals surface area contributed by atoms with Crippen molar-refractivity contribution in [3.63, 3.8) is 0 Å². The Morgan fingerprint density at radius 1 is 1.03 bits per heavy atom. The molecular weight excluding hydrogens is 459 g/mol. The summed E-state index contributed by atoms with van der Waals surface area (Å²) in [6.07, 6.45) is 1.55. The van der Waals surface area contributed by atoms with Gasteiger partial charge in [-0.2, -0.15) is 13.2 Å². The minimum absolute atomic E-state index is 0.105. The van der Waals surface area contributed by atoms with Crippen molar-refractivity contribution >= 4 is 17.7 Å². The number of carbonyl (C=O) groups is 1. The molecule has 1 saturated heterocycles. The van der Waals surface area contributed by atoms with Gasteiger partial charge >= 0.3 is 6.18 Å². The van der Waals surface area contributed by atoms with Crippen LogP contribution in [0.3, 0.4) is 0 Å². The lowest BCUT2D eigenvalue weighted by Crippen LogP contribution is -2.60. The maximum absolute atomic E-state index is 14.1. The van der Waals surface area contributed by atoms with E-state index in [2.05, 4.69) is 10.2 Å². The Morgan fingerprint density at radius 2 is 1.67 bits per heavy atom. The first-order valence-electron chi connectivity index (χ1n) is 10.9. The number of amides is 1. The highest BCUT2D eigenvalue weighted by atomic mass is 32.2. The molecule has 33 heavy (non-hydrogen) atoms. The normalized spacial score (nSPS) is 19.2. The van der Waals surface area contributed by atoms with E-state index >= 15 is 0 Å². The summed E-state index contributed by atoms with van der Waals surface area (Å²) in [6, 6.07) is 5.54. The number of hydrogen-bond donors (Lipinski definition) is 1. The first kappa shape index (κ1) is 24.0. The van der Waals surface area contributed by atoms with Crippen molar-refractivity contribution in [3.05, 3.63) is 64.7 Å². The van der Waals surface area contributed by atoms with Gasteiger partial charge in [0.05, 0.1) is 17.2 Å².